The van der Waals surface area contributed by atoms with Gasteiger partial charge < -0.3 is 10.0 Å². The highest BCUT2D eigenvalue weighted by atomic mass is 16.4. The molecule has 3 aromatic heterocycles. The molecule has 1 amide bonds. The number of aromatic amines is 1. The van der Waals surface area contributed by atoms with Crippen LogP contribution in [-0.4, -0.2) is 53.4 Å². The molecule has 9 nitrogen and oxygen atoms in total. The number of carboxylic acid groups (broad SMARTS) is 1. The Hall–Kier alpha value is -3.23. The van der Waals surface area contributed by atoms with Crippen molar-refractivity contribution in [3.8, 4) is 0 Å². The van der Waals surface area contributed by atoms with E-state index in [0.717, 1.165) is 16.8 Å². The number of carboxylic acids is 1. The minimum atomic E-state index is -1.06. The number of hydrogen-bond acceptors (Lipinski definition) is 5. The van der Waals surface area contributed by atoms with Gasteiger partial charge in [-0.25, -0.2) is 9.78 Å². The third-order valence-electron chi connectivity index (χ3n) is 4.75. The second kappa shape index (κ2) is 5.65. The lowest BCUT2D eigenvalue weighted by molar-refractivity contribution is 0.0689. The molecule has 0 radical (unpaired) electrons. The molecule has 0 saturated heterocycles. The van der Waals surface area contributed by atoms with Crippen LogP contribution in [0.5, 0.6) is 0 Å². The molecule has 0 aromatic carbocycles. The summed E-state index contributed by atoms with van der Waals surface area (Å²) in [6, 6.07) is 1.78. The topological polar surface area (TPSA) is 117 Å². The number of aromatic carboxylic acids is 1. The molecule has 0 fully saturated rings. The summed E-state index contributed by atoms with van der Waals surface area (Å²) < 4.78 is 1.68. The second-order valence-electron chi connectivity index (χ2n) is 6.53. The predicted octanol–water partition coefficient (Wildman–Crippen LogP) is 1.20. The van der Waals surface area contributed by atoms with E-state index >= 15 is 0 Å². The van der Waals surface area contributed by atoms with Crippen molar-refractivity contribution < 1.29 is 14.7 Å². The molecule has 0 unspecified atom stereocenters. The van der Waals surface area contributed by atoms with Gasteiger partial charge in [0.05, 0.1) is 28.9 Å². The maximum atomic E-state index is 13.2. The molecule has 9 heteroatoms. The molecule has 134 valence electrons. The van der Waals surface area contributed by atoms with E-state index in [1.807, 2.05) is 13.8 Å². The molecule has 1 aliphatic rings. The number of pyridine rings is 1. The van der Waals surface area contributed by atoms with Crippen molar-refractivity contribution >= 4 is 22.9 Å². The molecule has 4 rings (SSSR count). The summed E-state index contributed by atoms with van der Waals surface area (Å²) in [6.07, 6.45) is 0.457. The summed E-state index contributed by atoms with van der Waals surface area (Å²) in [5, 5.41) is 20.9. The molecule has 0 aliphatic carbocycles. The normalized spacial score (nSPS) is 13.9. The number of H-pyrrole nitrogens is 1. The molecule has 0 saturated carbocycles. The SMILES string of the molecule is Cc1cc(C(=O)N2CCc3c(C(=O)O)n[nH]c3C2)c2c(C)nn(C)c2n1. The van der Waals surface area contributed by atoms with Crippen molar-refractivity contribution in [3.63, 3.8) is 0 Å². The number of carbonyl (C=O) groups is 2. The smallest absolute Gasteiger partial charge is 0.356 e. The fraction of sp³-hybridized carbons (Fsp3) is 0.353. The Labute approximate surface area is 148 Å². The van der Waals surface area contributed by atoms with Gasteiger partial charge in [-0.3, -0.25) is 14.6 Å². The summed E-state index contributed by atoms with van der Waals surface area (Å²) in [5.41, 5.74) is 4.14. The van der Waals surface area contributed by atoms with Crippen molar-refractivity contribution in [2.75, 3.05) is 6.54 Å². The van der Waals surface area contributed by atoms with Gasteiger partial charge in [-0.05, 0) is 26.3 Å². The van der Waals surface area contributed by atoms with E-state index in [1.165, 1.54) is 0 Å². The zero-order chi connectivity index (χ0) is 18.6. The highest BCUT2D eigenvalue weighted by molar-refractivity contribution is 6.06. The van der Waals surface area contributed by atoms with Crippen LogP contribution in [0, 0.1) is 13.8 Å². The molecule has 3 aromatic rings. The molecule has 0 atom stereocenters. The fourth-order valence-electron chi connectivity index (χ4n) is 3.58. The summed E-state index contributed by atoms with van der Waals surface area (Å²) in [4.78, 5) is 30.6. The van der Waals surface area contributed by atoms with Crippen LogP contribution in [0.15, 0.2) is 6.07 Å². The first-order valence-electron chi connectivity index (χ1n) is 8.26. The Balaban J connectivity index is 1.73. The van der Waals surface area contributed by atoms with E-state index in [-0.39, 0.29) is 11.6 Å². The Bertz CT molecular complexity index is 1060. The van der Waals surface area contributed by atoms with Gasteiger partial charge in [0.15, 0.2) is 11.3 Å². The zero-order valence-electron chi connectivity index (χ0n) is 14.7. The van der Waals surface area contributed by atoms with Gasteiger partial charge in [0.25, 0.3) is 5.91 Å². The third-order valence-corrected chi connectivity index (χ3v) is 4.75. The predicted molar refractivity (Wildman–Crippen MR) is 92.0 cm³/mol. The van der Waals surface area contributed by atoms with Crippen molar-refractivity contribution in [1.29, 1.82) is 0 Å². The van der Waals surface area contributed by atoms with Crippen LogP contribution >= 0.6 is 0 Å². The van der Waals surface area contributed by atoms with Crippen LogP contribution in [-0.2, 0) is 20.0 Å². The molecule has 1 aliphatic heterocycles. The lowest BCUT2D eigenvalue weighted by Crippen LogP contribution is -2.36. The van der Waals surface area contributed by atoms with Gasteiger partial charge in [0, 0.05) is 24.8 Å². The van der Waals surface area contributed by atoms with E-state index < -0.39 is 5.97 Å². The third kappa shape index (κ3) is 2.35. The average molecular weight is 354 g/mol. The first kappa shape index (κ1) is 16.2. The lowest BCUT2D eigenvalue weighted by Gasteiger charge is -2.27. The molecular formula is C17H18N6O3. The Morgan fingerprint density at radius 1 is 1.31 bits per heavy atom. The number of hydrogen-bond donors (Lipinski definition) is 2. The number of aromatic nitrogens is 5. The van der Waals surface area contributed by atoms with Crippen LogP contribution in [0.3, 0.4) is 0 Å². The first-order chi connectivity index (χ1) is 12.4. The van der Waals surface area contributed by atoms with Crippen molar-refractivity contribution in [3.05, 3.63) is 40.0 Å². The van der Waals surface area contributed by atoms with E-state index in [1.54, 1.807) is 22.7 Å². The first-order valence-corrected chi connectivity index (χ1v) is 8.26. The molecule has 0 bridgehead atoms. The highest BCUT2D eigenvalue weighted by Gasteiger charge is 2.29. The number of fused-ring (bicyclic) bond motifs is 2. The molecule has 26 heavy (non-hydrogen) atoms. The monoisotopic (exact) mass is 354 g/mol. The van der Waals surface area contributed by atoms with Crippen molar-refractivity contribution in [2.45, 2.75) is 26.8 Å². The standard InChI is InChI=1S/C17H18N6O3/c1-8-6-11(13-9(2)21-22(3)15(13)18-8)16(24)23-5-4-10-12(7-23)19-20-14(10)17(25)26/h6H,4-5,7H2,1-3H3,(H,19,20)(H,25,26). The molecule has 2 N–H and O–H groups in total. The lowest BCUT2D eigenvalue weighted by atomic mass is 10.0. The summed E-state index contributed by atoms with van der Waals surface area (Å²) in [5.74, 6) is -1.17. The van der Waals surface area contributed by atoms with E-state index in [0.29, 0.717) is 42.0 Å². The number of nitrogens with one attached hydrogen (secondary N) is 1. The van der Waals surface area contributed by atoms with Gasteiger partial charge in [-0.1, -0.05) is 0 Å². The van der Waals surface area contributed by atoms with Gasteiger partial charge in [0.1, 0.15) is 0 Å². The minimum absolute atomic E-state index is 0.0392. The van der Waals surface area contributed by atoms with E-state index in [9.17, 15) is 14.7 Å². The largest absolute Gasteiger partial charge is 0.476 e. The van der Waals surface area contributed by atoms with Crippen LogP contribution in [0.25, 0.3) is 11.0 Å². The van der Waals surface area contributed by atoms with Crippen LogP contribution < -0.4 is 0 Å². The minimum Gasteiger partial charge on any atom is -0.476 e. The Morgan fingerprint density at radius 2 is 2.08 bits per heavy atom. The summed E-state index contributed by atoms with van der Waals surface area (Å²) in [7, 11) is 1.81. The second-order valence-corrected chi connectivity index (χ2v) is 6.53. The average Bonchev–Trinajstić information content (AvgIpc) is 3.14. The number of rotatable bonds is 2. The summed E-state index contributed by atoms with van der Waals surface area (Å²) >= 11 is 0. The van der Waals surface area contributed by atoms with Gasteiger partial charge in [-0.2, -0.15) is 10.2 Å². The maximum absolute atomic E-state index is 13.2. The van der Waals surface area contributed by atoms with Crippen LogP contribution in [0.4, 0.5) is 0 Å². The number of nitrogens with zero attached hydrogens (tertiary/aromatic N) is 5. The molecule has 4 heterocycles. The molecular weight excluding hydrogens is 336 g/mol. The number of carbonyl (C=O) groups excluding carboxylic acids is 1. The Kier molecular flexibility index (Phi) is 3.53. The maximum Gasteiger partial charge on any atom is 0.356 e. The summed E-state index contributed by atoms with van der Waals surface area (Å²) in [6.45, 7) is 4.45. The fourth-order valence-corrected chi connectivity index (χ4v) is 3.58. The number of aryl methyl sites for hydroxylation is 3. The molecule has 0 spiro atoms. The highest BCUT2D eigenvalue weighted by Crippen LogP contribution is 2.26. The van der Waals surface area contributed by atoms with Crippen LogP contribution in [0.1, 0.15) is 43.5 Å². The van der Waals surface area contributed by atoms with Gasteiger partial charge in [-0.15, -0.1) is 0 Å². The van der Waals surface area contributed by atoms with Crippen molar-refractivity contribution in [2.24, 2.45) is 7.05 Å². The zero-order valence-corrected chi connectivity index (χ0v) is 14.7. The van der Waals surface area contributed by atoms with Crippen LogP contribution in [0.2, 0.25) is 0 Å². The van der Waals surface area contributed by atoms with Crippen molar-refractivity contribution in [1.82, 2.24) is 29.9 Å². The van der Waals surface area contributed by atoms with E-state index in [2.05, 4.69) is 20.3 Å². The Morgan fingerprint density at radius 3 is 2.81 bits per heavy atom. The van der Waals surface area contributed by atoms with Gasteiger partial charge >= 0.3 is 5.97 Å². The van der Waals surface area contributed by atoms with Gasteiger partial charge in [0.2, 0.25) is 0 Å². The van der Waals surface area contributed by atoms with E-state index in [4.69, 9.17) is 0 Å². The number of amides is 1. The quantitative estimate of drug-likeness (QED) is 0.714.